The Morgan fingerprint density at radius 1 is 1.20 bits per heavy atom. The van der Waals surface area contributed by atoms with Crippen LogP contribution < -0.4 is 5.32 Å². The first kappa shape index (κ1) is 23.9. The number of nitrogens with zero attached hydrogens (tertiary/aromatic N) is 4. The van der Waals surface area contributed by atoms with Gasteiger partial charge in [0.15, 0.2) is 23.1 Å². The van der Waals surface area contributed by atoms with Gasteiger partial charge in [0.05, 0.1) is 22.2 Å². The number of halogens is 2. The molecule has 5 rings (SSSR count). The minimum Gasteiger partial charge on any atom is -0.393 e. The molecule has 11 heteroatoms. The first-order chi connectivity index (χ1) is 16.7. The Labute approximate surface area is 207 Å². The Bertz CT molecular complexity index is 1470. The van der Waals surface area contributed by atoms with Gasteiger partial charge in [-0.2, -0.15) is 0 Å². The van der Waals surface area contributed by atoms with Gasteiger partial charge in [-0.3, -0.25) is 0 Å². The summed E-state index contributed by atoms with van der Waals surface area (Å²) in [5, 5.41) is 13.8. The Kier molecular flexibility index (Phi) is 6.37. The van der Waals surface area contributed by atoms with Gasteiger partial charge in [-0.25, -0.2) is 31.7 Å². The molecule has 35 heavy (non-hydrogen) atoms. The zero-order valence-corrected chi connectivity index (χ0v) is 20.7. The van der Waals surface area contributed by atoms with Crippen LogP contribution in [-0.4, -0.2) is 44.6 Å². The molecule has 2 unspecified atom stereocenters. The highest BCUT2D eigenvalue weighted by atomic mass is 35.5. The summed E-state index contributed by atoms with van der Waals surface area (Å²) in [7, 11) is -3.90. The van der Waals surface area contributed by atoms with Crippen molar-refractivity contribution in [3.8, 4) is 11.4 Å². The second-order valence-corrected chi connectivity index (χ2v) is 11.4. The van der Waals surface area contributed by atoms with Crippen LogP contribution in [0.15, 0.2) is 47.3 Å². The highest BCUT2D eigenvalue weighted by molar-refractivity contribution is 7.94. The van der Waals surface area contributed by atoms with Crippen LogP contribution in [0.2, 0.25) is 5.02 Å². The van der Waals surface area contributed by atoms with Crippen LogP contribution >= 0.6 is 11.6 Å². The van der Waals surface area contributed by atoms with E-state index in [9.17, 15) is 17.9 Å². The van der Waals surface area contributed by atoms with Gasteiger partial charge in [0.1, 0.15) is 0 Å². The molecule has 0 amide bonds. The lowest BCUT2D eigenvalue weighted by Gasteiger charge is -2.27. The first-order valence-electron chi connectivity index (χ1n) is 11.5. The summed E-state index contributed by atoms with van der Waals surface area (Å²) in [5.41, 5.74) is 1.67. The van der Waals surface area contributed by atoms with Crippen LogP contribution in [0.25, 0.3) is 22.4 Å². The number of hydrogen-bond donors (Lipinski definition) is 2. The molecule has 0 bridgehead atoms. The number of hydrogen-bond acceptors (Lipinski definition) is 7. The number of fused-ring (bicyclic) bond motifs is 1. The van der Waals surface area contributed by atoms with Crippen LogP contribution in [0.5, 0.6) is 0 Å². The third-order valence-corrected chi connectivity index (χ3v) is 8.47. The first-order valence-corrected chi connectivity index (χ1v) is 13.3. The van der Waals surface area contributed by atoms with Crippen LogP contribution in [0, 0.1) is 5.82 Å². The summed E-state index contributed by atoms with van der Waals surface area (Å²) in [6, 6.07) is 1.48. The molecule has 1 fully saturated rings. The second kappa shape index (κ2) is 9.33. The van der Waals surface area contributed by atoms with Crippen molar-refractivity contribution in [3.63, 3.8) is 0 Å². The molecular weight excluding hydrogens is 493 g/mol. The molecule has 1 saturated carbocycles. The maximum Gasteiger partial charge on any atom is 0.265 e. The smallest absolute Gasteiger partial charge is 0.265 e. The van der Waals surface area contributed by atoms with Gasteiger partial charge in [-0.1, -0.05) is 23.3 Å². The van der Waals surface area contributed by atoms with Gasteiger partial charge in [0.2, 0.25) is 0 Å². The van der Waals surface area contributed by atoms with E-state index in [1.54, 1.807) is 18.2 Å². The van der Waals surface area contributed by atoms with E-state index in [4.69, 9.17) is 11.6 Å². The van der Waals surface area contributed by atoms with E-state index in [1.807, 2.05) is 6.92 Å². The van der Waals surface area contributed by atoms with Crippen LogP contribution in [0.1, 0.15) is 45.4 Å². The van der Waals surface area contributed by atoms with Crippen molar-refractivity contribution in [1.29, 1.82) is 0 Å². The molecule has 3 aromatic rings. The average Bonchev–Trinajstić information content (AvgIpc) is 3.20. The minimum atomic E-state index is -3.90. The standard InChI is InChI=1S/C24H25ClFN5O3S/c1-14-5-7-18(8-6-14)35(33,34)31-13-20(19-9-15(25)11-28-24(19)31)22-27-12-21(26)23(30-22)29-16-3-2-4-17(32)10-16/h5,7,9,11-13,16-17,32H,2-4,6,8,10H2,1H3,(H,27,29,30). The number of nitrogens with one attached hydrogen (secondary N) is 1. The van der Waals surface area contributed by atoms with E-state index in [-0.39, 0.29) is 28.2 Å². The van der Waals surface area contributed by atoms with E-state index < -0.39 is 21.9 Å². The number of rotatable bonds is 5. The number of aliphatic hydroxyl groups excluding tert-OH is 1. The second-order valence-electron chi connectivity index (χ2n) is 9.07. The largest absolute Gasteiger partial charge is 0.393 e. The quantitative estimate of drug-likeness (QED) is 0.500. The molecule has 8 nitrogen and oxygen atoms in total. The summed E-state index contributed by atoms with van der Waals surface area (Å²) in [6.45, 7) is 1.96. The van der Waals surface area contributed by atoms with E-state index in [1.165, 1.54) is 12.4 Å². The molecule has 3 heterocycles. The molecule has 0 radical (unpaired) electrons. The van der Waals surface area contributed by atoms with Crippen molar-refractivity contribution in [2.75, 3.05) is 5.32 Å². The van der Waals surface area contributed by atoms with E-state index in [2.05, 4.69) is 20.3 Å². The van der Waals surface area contributed by atoms with Gasteiger partial charge in [-0.05, 0) is 57.6 Å². The highest BCUT2D eigenvalue weighted by Crippen LogP contribution is 2.34. The number of anilines is 1. The number of aromatic nitrogens is 4. The fourth-order valence-corrected chi connectivity index (χ4v) is 6.19. The third kappa shape index (κ3) is 4.70. The van der Waals surface area contributed by atoms with Crippen molar-refractivity contribution in [1.82, 2.24) is 18.9 Å². The van der Waals surface area contributed by atoms with Gasteiger partial charge in [0.25, 0.3) is 10.0 Å². The monoisotopic (exact) mass is 517 g/mol. The molecule has 0 saturated heterocycles. The minimum absolute atomic E-state index is 0.00319. The lowest BCUT2D eigenvalue weighted by Crippen LogP contribution is -2.30. The van der Waals surface area contributed by atoms with Gasteiger partial charge in [0, 0.05) is 29.4 Å². The molecule has 2 aliphatic rings. The molecular formula is C24H25ClFN5O3S. The highest BCUT2D eigenvalue weighted by Gasteiger charge is 2.27. The summed E-state index contributed by atoms with van der Waals surface area (Å²) in [6.07, 6.45) is 10.7. The fourth-order valence-electron chi connectivity index (χ4n) is 4.57. The Balaban J connectivity index is 1.59. The number of aliphatic hydroxyl groups is 1. The van der Waals surface area contributed by atoms with Crippen molar-refractivity contribution < 1.29 is 17.9 Å². The Morgan fingerprint density at radius 2 is 2.03 bits per heavy atom. The zero-order valence-electron chi connectivity index (χ0n) is 19.1. The van der Waals surface area contributed by atoms with Crippen molar-refractivity contribution >= 4 is 38.5 Å². The molecule has 184 valence electrons. The normalized spacial score (nSPS) is 21.0. The number of pyridine rings is 1. The maximum absolute atomic E-state index is 14.6. The predicted octanol–water partition coefficient (Wildman–Crippen LogP) is 4.80. The van der Waals surface area contributed by atoms with Crippen molar-refractivity contribution in [2.45, 2.75) is 57.6 Å². The summed E-state index contributed by atoms with van der Waals surface area (Å²) in [4.78, 5) is 13.1. The number of allylic oxidation sites excluding steroid dienone is 4. The molecule has 0 aliphatic heterocycles. The maximum atomic E-state index is 14.6. The van der Waals surface area contributed by atoms with Crippen LogP contribution in [-0.2, 0) is 10.0 Å². The van der Waals surface area contributed by atoms with Crippen LogP contribution in [0.3, 0.4) is 0 Å². The van der Waals surface area contributed by atoms with Gasteiger partial charge in [-0.15, -0.1) is 0 Å². The summed E-state index contributed by atoms with van der Waals surface area (Å²) >= 11 is 6.19. The molecule has 0 aromatic carbocycles. The van der Waals surface area contributed by atoms with Crippen molar-refractivity contribution in [2.24, 2.45) is 0 Å². The summed E-state index contributed by atoms with van der Waals surface area (Å²) < 4.78 is 42.7. The van der Waals surface area contributed by atoms with Crippen LogP contribution in [0.4, 0.5) is 10.2 Å². The topological polar surface area (TPSA) is 110 Å². The lowest BCUT2D eigenvalue weighted by atomic mass is 9.93. The lowest BCUT2D eigenvalue weighted by molar-refractivity contribution is 0.124. The molecule has 0 spiro atoms. The summed E-state index contributed by atoms with van der Waals surface area (Å²) in [5.74, 6) is -0.485. The molecule has 2 N–H and O–H groups in total. The van der Waals surface area contributed by atoms with Crippen molar-refractivity contribution in [3.05, 3.63) is 58.1 Å². The Hall–Kier alpha value is -2.82. The zero-order chi connectivity index (χ0) is 24.7. The SMILES string of the molecule is CC1=CC=C(S(=O)(=O)n2cc(-c3ncc(F)c(NC4CCCC(O)C4)n3)c3cc(Cl)cnc32)CC1. The Morgan fingerprint density at radius 3 is 2.77 bits per heavy atom. The predicted molar refractivity (Wildman–Crippen MR) is 133 cm³/mol. The van der Waals surface area contributed by atoms with E-state index in [0.29, 0.717) is 35.2 Å². The van der Waals surface area contributed by atoms with Gasteiger partial charge < -0.3 is 10.4 Å². The molecule has 2 aliphatic carbocycles. The fraction of sp³-hybridized carbons (Fsp3) is 0.375. The molecule has 2 atom stereocenters. The molecule has 3 aromatic heterocycles. The van der Waals surface area contributed by atoms with E-state index >= 15 is 0 Å². The van der Waals surface area contributed by atoms with Gasteiger partial charge >= 0.3 is 0 Å². The average molecular weight is 518 g/mol. The van der Waals surface area contributed by atoms with E-state index in [0.717, 1.165) is 35.0 Å². The third-order valence-electron chi connectivity index (χ3n) is 6.46.